The van der Waals surface area contributed by atoms with Gasteiger partial charge in [0.1, 0.15) is 6.04 Å². The van der Waals surface area contributed by atoms with Crippen molar-refractivity contribution in [1.29, 1.82) is 0 Å². The molecule has 1 N–H and O–H groups in total. The molecule has 9 heteroatoms. The molecule has 30 heavy (non-hydrogen) atoms. The van der Waals surface area contributed by atoms with E-state index in [-0.39, 0.29) is 23.9 Å². The highest BCUT2D eigenvalue weighted by Crippen LogP contribution is 2.29. The van der Waals surface area contributed by atoms with Crippen molar-refractivity contribution in [2.45, 2.75) is 42.8 Å². The Morgan fingerprint density at radius 1 is 1.03 bits per heavy atom. The number of nitrogens with one attached hydrogen (secondary N) is 1. The topological polar surface area (TPSA) is 66.5 Å². The number of halogens is 3. The zero-order valence-electron chi connectivity index (χ0n) is 16.2. The van der Waals surface area contributed by atoms with Crippen molar-refractivity contribution in [1.82, 2.24) is 9.62 Å². The van der Waals surface area contributed by atoms with Gasteiger partial charge in [0.15, 0.2) is 0 Å². The molecule has 0 spiro atoms. The van der Waals surface area contributed by atoms with Crippen LogP contribution in [0.15, 0.2) is 59.5 Å². The van der Waals surface area contributed by atoms with Gasteiger partial charge in [-0.25, -0.2) is 8.42 Å². The zero-order valence-corrected chi connectivity index (χ0v) is 17.0. The maximum absolute atomic E-state index is 13.0. The number of alkyl halides is 3. The van der Waals surface area contributed by atoms with E-state index in [1.807, 2.05) is 0 Å². The van der Waals surface area contributed by atoms with Gasteiger partial charge in [0, 0.05) is 13.1 Å². The lowest BCUT2D eigenvalue weighted by Crippen LogP contribution is -2.52. The summed E-state index contributed by atoms with van der Waals surface area (Å²) in [5.74, 6) is -0.388. The number of carbonyl (C=O) groups is 1. The minimum absolute atomic E-state index is 0.148. The van der Waals surface area contributed by atoms with Crippen LogP contribution in [0.1, 0.15) is 30.4 Å². The van der Waals surface area contributed by atoms with Crippen molar-refractivity contribution in [2.75, 3.05) is 13.1 Å². The van der Waals surface area contributed by atoms with Gasteiger partial charge in [0.25, 0.3) is 0 Å². The molecule has 5 nitrogen and oxygen atoms in total. The molecule has 1 aliphatic heterocycles. The Hall–Kier alpha value is -2.39. The first-order chi connectivity index (χ1) is 14.2. The Labute approximate surface area is 173 Å². The minimum atomic E-state index is -4.39. The molecule has 0 bridgehead atoms. The molecule has 0 saturated carbocycles. The van der Waals surface area contributed by atoms with Crippen molar-refractivity contribution < 1.29 is 26.4 Å². The van der Waals surface area contributed by atoms with Crippen LogP contribution in [-0.4, -0.2) is 37.8 Å². The first-order valence-corrected chi connectivity index (χ1v) is 11.1. The van der Waals surface area contributed by atoms with E-state index in [1.165, 1.54) is 28.6 Å². The number of nitrogens with zero attached hydrogens (tertiary/aromatic N) is 1. The van der Waals surface area contributed by atoms with E-state index in [0.717, 1.165) is 18.6 Å². The van der Waals surface area contributed by atoms with E-state index >= 15 is 0 Å². The maximum Gasteiger partial charge on any atom is 0.416 e. The van der Waals surface area contributed by atoms with Crippen LogP contribution < -0.4 is 5.32 Å². The standard InChI is InChI=1S/C21H23F3N2O3S/c22-21(23,24)17-11-9-16(10-12-17)13-14-25-20(27)19-8-4-5-15-26(19)30(28,29)18-6-2-1-3-7-18/h1-3,6-7,9-12,19H,4-5,8,13-15H2,(H,25,27)/t19-/m0/s1. The lowest BCUT2D eigenvalue weighted by atomic mass is 10.0. The van der Waals surface area contributed by atoms with Crippen LogP contribution in [0.5, 0.6) is 0 Å². The molecule has 0 unspecified atom stereocenters. The third-order valence-corrected chi connectivity index (χ3v) is 7.02. The van der Waals surface area contributed by atoms with Gasteiger partial charge in [-0.3, -0.25) is 4.79 Å². The molecule has 1 aliphatic rings. The van der Waals surface area contributed by atoms with Crippen LogP contribution in [0.2, 0.25) is 0 Å². The highest BCUT2D eigenvalue weighted by atomic mass is 32.2. The highest BCUT2D eigenvalue weighted by molar-refractivity contribution is 7.89. The molecular weight excluding hydrogens is 417 g/mol. The van der Waals surface area contributed by atoms with Crippen molar-refractivity contribution in [3.63, 3.8) is 0 Å². The summed E-state index contributed by atoms with van der Waals surface area (Å²) in [6.07, 6.45) is -2.18. The summed E-state index contributed by atoms with van der Waals surface area (Å²) >= 11 is 0. The van der Waals surface area contributed by atoms with Gasteiger partial charge in [0.2, 0.25) is 15.9 Å². The van der Waals surface area contributed by atoms with Gasteiger partial charge in [-0.05, 0) is 49.1 Å². The Morgan fingerprint density at radius 3 is 2.33 bits per heavy atom. The molecule has 1 fully saturated rings. The van der Waals surface area contributed by atoms with Crippen molar-refractivity contribution >= 4 is 15.9 Å². The Kier molecular flexibility index (Phi) is 6.82. The van der Waals surface area contributed by atoms with Gasteiger partial charge in [-0.1, -0.05) is 36.8 Å². The van der Waals surface area contributed by atoms with Crippen LogP contribution in [0, 0.1) is 0 Å². The van der Waals surface area contributed by atoms with Crippen LogP contribution in [0.25, 0.3) is 0 Å². The fraction of sp³-hybridized carbons (Fsp3) is 0.381. The zero-order chi connectivity index (χ0) is 21.8. The second-order valence-electron chi connectivity index (χ2n) is 7.18. The summed E-state index contributed by atoms with van der Waals surface area (Å²) in [4.78, 5) is 12.8. The predicted octanol–water partition coefficient (Wildman–Crippen LogP) is 3.61. The van der Waals surface area contributed by atoms with Crippen LogP contribution in [0.4, 0.5) is 13.2 Å². The number of benzene rings is 2. The largest absolute Gasteiger partial charge is 0.416 e. The van der Waals surface area contributed by atoms with Crippen LogP contribution in [-0.2, 0) is 27.4 Å². The molecule has 1 amide bonds. The molecule has 1 heterocycles. The smallest absolute Gasteiger partial charge is 0.354 e. The second-order valence-corrected chi connectivity index (χ2v) is 9.07. The van der Waals surface area contributed by atoms with E-state index in [9.17, 15) is 26.4 Å². The van der Waals surface area contributed by atoms with E-state index in [2.05, 4.69) is 5.32 Å². The molecule has 0 radical (unpaired) electrons. The number of sulfonamides is 1. The van der Waals surface area contributed by atoms with Crippen molar-refractivity contribution in [3.8, 4) is 0 Å². The number of carbonyl (C=O) groups excluding carboxylic acids is 1. The Morgan fingerprint density at radius 2 is 1.70 bits per heavy atom. The molecule has 3 rings (SSSR count). The normalized spacial score (nSPS) is 18.2. The van der Waals surface area contributed by atoms with E-state index in [1.54, 1.807) is 18.2 Å². The third kappa shape index (κ3) is 5.20. The molecule has 0 aliphatic carbocycles. The highest BCUT2D eigenvalue weighted by Gasteiger charge is 2.37. The summed E-state index contributed by atoms with van der Waals surface area (Å²) in [6, 6.07) is 12.0. The van der Waals surface area contributed by atoms with Crippen LogP contribution in [0.3, 0.4) is 0 Å². The van der Waals surface area contributed by atoms with Crippen molar-refractivity contribution in [3.05, 3.63) is 65.7 Å². The monoisotopic (exact) mass is 440 g/mol. The Balaban J connectivity index is 1.62. The first kappa shape index (κ1) is 22.3. The van der Waals surface area contributed by atoms with Gasteiger partial charge in [-0.2, -0.15) is 17.5 Å². The summed E-state index contributed by atoms with van der Waals surface area (Å²) in [7, 11) is -3.79. The molecule has 162 valence electrons. The van der Waals surface area contributed by atoms with Gasteiger partial charge in [0.05, 0.1) is 10.5 Å². The lowest BCUT2D eigenvalue weighted by molar-refractivity contribution is -0.137. The summed E-state index contributed by atoms with van der Waals surface area (Å²) in [5, 5.41) is 2.73. The molecule has 0 aromatic heterocycles. The summed E-state index contributed by atoms with van der Waals surface area (Å²) < 4.78 is 65.1. The van der Waals surface area contributed by atoms with Gasteiger partial charge < -0.3 is 5.32 Å². The number of piperidine rings is 1. The van der Waals surface area contributed by atoms with Crippen LogP contribution >= 0.6 is 0 Å². The van der Waals surface area contributed by atoms with E-state index in [4.69, 9.17) is 0 Å². The summed E-state index contributed by atoms with van der Waals surface area (Å²) in [6.45, 7) is 0.480. The number of hydrogen-bond donors (Lipinski definition) is 1. The first-order valence-electron chi connectivity index (χ1n) is 9.70. The molecule has 2 aromatic rings. The maximum atomic E-state index is 13.0. The van der Waals surface area contributed by atoms with Gasteiger partial charge >= 0.3 is 6.18 Å². The molecule has 1 atom stereocenters. The lowest BCUT2D eigenvalue weighted by Gasteiger charge is -2.33. The predicted molar refractivity (Wildman–Crippen MR) is 106 cm³/mol. The SMILES string of the molecule is O=C(NCCc1ccc(C(F)(F)F)cc1)[C@@H]1CCCCN1S(=O)(=O)c1ccccc1. The second kappa shape index (κ2) is 9.18. The fourth-order valence-electron chi connectivity index (χ4n) is 3.49. The van der Waals surface area contributed by atoms with Crippen molar-refractivity contribution in [2.24, 2.45) is 0 Å². The van der Waals surface area contributed by atoms with Gasteiger partial charge in [-0.15, -0.1) is 0 Å². The quantitative estimate of drug-likeness (QED) is 0.746. The van der Waals surface area contributed by atoms with E-state index in [0.29, 0.717) is 24.8 Å². The minimum Gasteiger partial charge on any atom is -0.354 e. The molecule has 2 aromatic carbocycles. The Bertz CT molecular complexity index is 961. The molecule has 1 saturated heterocycles. The number of rotatable bonds is 6. The number of amides is 1. The molecular formula is C21H23F3N2O3S. The number of hydrogen-bond acceptors (Lipinski definition) is 3. The fourth-order valence-corrected chi connectivity index (χ4v) is 5.17. The van der Waals surface area contributed by atoms with E-state index < -0.39 is 27.8 Å². The average molecular weight is 440 g/mol. The average Bonchev–Trinajstić information content (AvgIpc) is 2.74. The summed E-state index contributed by atoms with van der Waals surface area (Å²) in [5.41, 5.74) is -0.0695. The third-order valence-electron chi connectivity index (χ3n) is 5.10.